The molecule has 4 nitrogen and oxygen atoms in total. The minimum Gasteiger partial charge on any atom is -0.489 e. The number of thioether (sulfide) groups is 1. The molecule has 0 unspecified atom stereocenters. The molecular weight excluding hydrogens is 458 g/mol. The monoisotopic (exact) mass is 477 g/mol. The quantitative estimate of drug-likeness (QED) is 0.318. The number of rotatable bonds is 6. The number of hydrogen-bond donors (Lipinski definition) is 0. The summed E-state index contributed by atoms with van der Waals surface area (Å²) in [7, 11) is 1.68. The largest absolute Gasteiger partial charge is 0.489 e. The Balaban J connectivity index is 1.70. The summed E-state index contributed by atoms with van der Waals surface area (Å²) in [6, 6.07) is 11.8. The van der Waals surface area contributed by atoms with Crippen molar-refractivity contribution in [1.82, 2.24) is 4.90 Å². The van der Waals surface area contributed by atoms with Crippen LogP contribution in [0.5, 0.6) is 11.5 Å². The van der Waals surface area contributed by atoms with Crippen LogP contribution in [0, 0.1) is 13.8 Å². The second kappa shape index (κ2) is 9.11. The van der Waals surface area contributed by atoms with Gasteiger partial charge in [0.15, 0.2) is 0 Å². The standard InChI is InChI=1S/C21H20BrNO3S2/c1-13-5-4-6-14(2)19(13)26-10-9-25-17-8-7-16(22)11-15(17)12-18-20(24)23(3)21(27)28-18/h4-8,11-12H,9-10H2,1-3H3/b18-12+. The van der Waals surface area contributed by atoms with Crippen LogP contribution in [-0.2, 0) is 4.79 Å². The number of likely N-dealkylation sites (N-methyl/N-ethyl adjacent to an activating group) is 1. The predicted molar refractivity (Wildman–Crippen MR) is 122 cm³/mol. The summed E-state index contributed by atoms with van der Waals surface area (Å²) in [5, 5.41) is 0. The number of aryl methyl sites for hydroxylation is 2. The van der Waals surface area contributed by atoms with Gasteiger partial charge < -0.3 is 9.47 Å². The van der Waals surface area contributed by atoms with Crippen molar-refractivity contribution in [2.75, 3.05) is 20.3 Å². The molecule has 0 N–H and O–H groups in total. The van der Waals surface area contributed by atoms with E-state index in [2.05, 4.69) is 15.9 Å². The average molecular weight is 478 g/mol. The molecule has 1 fully saturated rings. The molecule has 1 aliphatic heterocycles. The molecule has 7 heteroatoms. The zero-order valence-corrected chi connectivity index (χ0v) is 19.0. The molecule has 1 heterocycles. The first-order chi connectivity index (χ1) is 13.4. The lowest BCUT2D eigenvalue weighted by Gasteiger charge is -2.14. The van der Waals surface area contributed by atoms with Crippen LogP contribution in [-0.4, -0.2) is 35.4 Å². The van der Waals surface area contributed by atoms with Gasteiger partial charge in [0, 0.05) is 17.1 Å². The SMILES string of the molecule is Cc1cccc(C)c1OCCOc1ccc(Br)cc1/C=C1/SC(=S)N(C)C1=O. The summed E-state index contributed by atoms with van der Waals surface area (Å²) >= 11 is 9.96. The number of carbonyl (C=O) groups excluding carboxylic acids is 1. The van der Waals surface area contributed by atoms with E-state index in [0.29, 0.717) is 28.2 Å². The van der Waals surface area contributed by atoms with Crippen molar-refractivity contribution in [2.45, 2.75) is 13.8 Å². The molecule has 0 saturated carbocycles. The Labute approximate surface area is 183 Å². The number of hydrogen-bond acceptors (Lipinski definition) is 5. The summed E-state index contributed by atoms with van der Waals surface area (Å²) in [6.07, 6.45) is 1.81. The zero-order valence-electron chi connectivity index (χ0n) is 15.8. The number of carbonyl (C=O) groups is 1. The van der Waals surface area contributed by atoms with Crippen LogP contribution in [0.1, 0.15) is 16.7 Å². The van der Waals surface area contributed by atoms with Gasteiger partial charge in [-0.05, 0) is 49.2 Å². The Morgan fingerprint density at radius 2 is 1.82 bits per heavy atom. The summed E-state index contributed by atoms with van der Waals surface area (Å²) in [6.45, 7) is 4.88. The smallest absolute Gasteiger partial charge is 0.265 e. The third kappa shape index (κ3) is 4.77. The molecular formula is C21H20BrNO3S2. The van der Waals surface area contributed by atoms with Gasteiger partial charge in [0.1, 0.15) is 29.0 Å². The van der Waals surface area contributed by atoms with E-state index < -0.39 is 0 Å². The highest BCUT2D eigenvalue weighted by molar-refractivity contribution is 9.10. The maximum Gasteiger partial charge on any atom is 0.265 e. The zero-order chi connectivity index (χ0) is 20.3. The normalized spacial score (nSPS) is 15.4. The highest BCUT2D eigenvalue weighted by Gasteiger charge is 2.29. The second-order valence-electron chi connectivity index (χ2n) is 6.34. The van der Waals surface area contributed by atoms with Crippen molar-refractivity contribution in [1.29, 1.82) is 0 Å². The van der Waals surface area contributed by atoms with Crippen molar-refractivity contribution in [3.63, 3.8) is 0 Å². The Kier molecular flexibility index (Phi) is 6.80. The summed E-state index contributed by atoms with van der Waals surface area (Å²) in [5.74, 6) is 1.49. The molecule has 0 bridgehead atoms. The van der Waals surface area contributed by atoms with Crippen LogP contribution in [0.2, 0.25) is 0 Å². The second-order valence-corrected chi connectivity index (χ2v) is 8.93. The van der Waals surface area contributed by atoms with E-state index in [1.165, 1.54) is 16.7 Å². The highest BCUT2D eigenvalue weighted by Crippen LogP contribution is 2.34. The van der Waals surface area contributed by atoms with Gasteiger partial charge in [0.2, 0.25) is 0 Å². The van der Waals surface area contributed by atoms with E-state index in [-0.39, 0.29) is 5.91 Å². The van der Waals surface area contributed by atoms with Gasteiger partial charge in [-0.25, -0.2) is 0 Å². The predicted octanol–water partition coefficient (Wildman–Crippen LogP) is 5.35. The van der Waals surface area contributed by atoms with Crippen LogP contribution >= 0.6 is 39.9 Å². The summed E-state index contributed by atoms with van der Waals surface area (Å²) in [4.78, 5) is 14.3. The molecule has 1 saturated heterocycles. The summed E-state index contributed by atoms with van der Waals surface area (Å²) in [5.41, 5.74) is 3.02. The number of para-hydroxylation sites is 1. The fourth-order valence-electron chi connectivity index (χ4n) is 2.77. The van der Waals surface area contributed by atoms with E-state index in [4.69, 9.17) is 21.7 Å². The lowest BCUT2D eigenvalue weighted by molar-refractivity contribution is -0.121. The van der Waals surface area contributed by atoms with Gasteiger partial charge in [0.05, 0.1) is 4.91 Å². The molecule has 146 valence electrons. The maximum atomic E-state index is 12.3. The Hall–Kier alpha value is -1.83. The van der Waals surface area contributed by atoms with Crippen LogP contribution < -0.4 is 9.47 Å². The van der Waals surface area contributed by atoms with Crippen molar-refractivity contribution in [3.05, 3.63) is 62.5 Å². The summed E-state index contributed by atoms with van der Waals surface area (Å²) < 4.78 is 13.3. The molecule has 0 radical (unpaired) electrons. The Morgan fingerprint density at radius 1 is 1.14 bits per heavy atom. The highest BCUT2D eigenvalue weighted by atomic mass is 79.9. The number of amides is 1. The third-order valence-corrected chi connectivity index (χ3v) is 6.22. The number of thiocarbonyl (C=S) groups is 1. The van der Waals surface area contributed by atoms with E-state index in [1.807, 2.05) is 56.3 Å². The number of ether oxygens (including phenoxy) is 2. The minimum atomic E-state index is -0.0979. The average Bonchev–Trinajstić information content (AvgIpc) is 2.89. The van der Waals surface area contributed by atoms with Gasteiger partial charge in [-0.1, -0.05) is 58.1 Å². The first kappa shape index (κ1) is 20.9. The minimum absolute atomic E-state index is 0.0979. The number of benzene rings is 2. The van der Waals surface area contributed by atoms with E-state index >= 15 is 0 Å². The van der Waals surface area contributed by atoms with Crippen LogP contribution in [0.25, 0.3) is 6.08 Å². The van der Waals surface area contributed by atoms with E-state index in [9.17, 15) is 4.79 Å². The lowest BCUT2D eigenvalue weighted by atomic mass is 10.1. The Morgan fingerprint density at radius 3 is 2.46 bits per heavy atom. The number of nitrogens with zero attached hydrogens (tertiary/aromatic N) is 1. The molecule has 0 aromatic heterocycles. The van der Waals surface area contributed by atoms with E-state index in [1.54, 1.807) is 7.05 Å². The number of halogens is 1. The van der Waals surface area contributed by atoms with Crippen molar-refractivity contribution in [2.24, 2.45) is 0 Å². The topological polar surface area (TPSA) is 38.8 Å². The van der Waals surface area contributed by atoms with Crippen LogP contribution in [0.3, 0.4) is 0 Å². The fourth-order valence-corrected chi connectivity index (χ4v) is 4.32. The molecule has 0 aliphatic carbocycles. The van der Waals surface area contributed by atoms with Gasteiger partial charge >= 0.3 is 0 Å². The fraction of sp³-hybridized carbons (Fsp3) is 0.238. The first-order valence-corrected chi connectivity index (χ1v) is 10.7. The molecule has 28 heavy (non-hydrogen) atoms. The molecule has 3 rings (SSSR count). The molecule has 1 aliphatic rings. The molecule has 1 amide bonds. The van der Waals surface area contributed by atoms with Crippen molar-refractivity contribution in [3.8, 4) is 11.5 Å². The van der Waals surface area contributed by atoms with Crippen molar-refractivity contribution < 1.29 is 14.3 Å². The molecule has 2 aromatic carbocycles. The van der Waals surface area contributed by atoms with Gasteiger partial charge in [-0.2, -0.15) is 0 Å². The first-order valence-electron chi connectivity index (χ1n) is 8.69. The van der Waals surface area contributed by atoms with Gasteiger partial charge in [-0.3, -0.25) is 9.69 Å². The van der Waals surface area contributed by atoms with Crippen LogP contribution in [0.15, 0.2) is 45.8 Å². The Bertz CT molecular complexity index is 938. The van der Waals surface area contributed by atoms with Gasteiger partial charge in [0.25, 0.3) is 5.91 Å². The molecule has 2 aromatic rings. The van der Waals surface area contributed by atoms with E-state index in [0.717, 1.165) is 26.9 Å². The van der Waals surface area contributed by atoms with Crippen LogP contribution in [0.4, 0.5) is 0 Å². The molecule has 0 spiro atoms. The van der Waals surface area contributed by atoms with Crippen molar-refractivity contribution >= 4 is 56.2 Å². The third-order valence-electron chi connectivity index (χ3n) is 4.24. The van der Waals surface area contributed by atoms with Gasteiger partial charge in [-0.15, -0.1) is 0 Å². The lowest BCUT2D eigenvalue weighted by Crippen LogP contribution is -2.22. The maximum absolute atomic E-state index is 12.3. The molecule has 0 atom stereocenters.